The van der Waals surface area contributed by atoms with Crippen LogP contribution in [0.3, 0.4) is 0 Å². The van der Waals surface area contributed by atoms with Gasteiger partial charge in [-0.3, -0.25) is 9.38 Å². The molecule has 1 unspecified atom stereocenters. The van der Waals surface area contributed by atoms with Crippen molar-refractivity contribution >= 4 is 15.8 Å². The molecule has 17 heavy (non-hydrogen) atoms. The highest BCUT2D eigenvalue weighted by Crippen LogP contribution is 1.95. The maximum atomic E-state index is 11.9. The smallest absolute Gasteiger partial charge is 0.191 e. The first-order valence-electron chi connectivity index (χ1n) is 5.60. The van der Waals surface area contributed by atoms with E-state index >= 15 is 0 Å². The van der Waals surface area contributed by atoms with Crippen molar-refractivity contribution < 1.29 is 12.8 Å². The summed E-state index contributed by atoms with van der Waals surface area (Å²) in [7, 11) is -1.31. The van der Waals surface area contributed by atoms with E-state index in [9.17, 15) is 12.8 Å². The third-order valence-electron chi connectivity index (χ3n) is 2.13. The predicted octanol–water partition coefficient (Wildman–Crippen LogP) is 0.334. The largest absolute Gasteiger partial charge is 0.356 e. The fraction of sp³-hybridized carbons (Fsp3) is 0.900. The van der Waals surface area contributed by atoms with E-state index in [0.29, 0.717) is 25.3 Å². The quantitative estimate of drug-likeness (QED) is 0.396. The third-order valence-corrected chi connectivity index (χ3v) is 3.11. The van der Waals surface area contributed by atoms with Gasteiger partial charge in [0.05, 0.1) is 12.4 Å². The molecule has 0 spiro atoms. The van der Waals surface area contributed by atoms with Crippen LogP contribution in [0.15, 0.2) is 4.99 Å². The van der Waals surface area contributed by atoms with E-state index in [2.05, 4.69) is 15.6 Å². The maximum absolute atomic E-state index is 11.9. The Morgan fingerprint density at radius 3 is 2.59 bits per heavy atom. The van der Waals surface area contributed by atoms with Crippen molar-refractivity contribution in [2.45, 2.75) is 25.8 Å². The van der Waals surface area contributed by atoms with Gasteiger partial charge in [-0.15, -0.1) is 0 Å². The molecule has 0 aliphatic carbocycles. The first kappa shape index (κ1) is 16.1. The molecule has 0 amide bonds. The van der Waals surface area contributed by atoms with E-state index in [1.165, 1.54) is 6.26 Å². The standard InChI is InChI=1S/C10H22FN3O2S/c1-9(5-8-17(3,15)16)14-10(12-2)13-7-4-6-11/h9H,4-8H2,1-3H3,(H2,12,13,14). The zero-order chi connectivity index (χ0) is 13.3. The Morgan fingerprint density at radius 1 is 1.47 bits per heavy atom. The lowest BCUT2D eigenvalue weighted by Crippen LogP contribution is -2.43. The Hall–Kier alpha value is -0.850. The summed E-state index contributed by atoms with van der Waals surface area (Å²) in [6, 6.07) is 0.00121. The molecular formula is C10H22FN3O2S. The molecule has 7 heteroatoms. The number of aliphatic imine (C=N–C) groups is 1. The maximum Gasteiger partial charge on any atom is 0.191 e. The molecule has 0 rings (SSSR count). The van der Waals surface area contributed by atoms with E-state index in [0.717, 1.165) is 0 Å². The van der Waals surface area contributed by atoms with Crippen LogP contribution in [-0.4, -0.2) is 52.7 Å². The molecule has 0 bridgehead atoms. The van der Waals surface area contributed by atoms with Crippen LogP contribution < -0.4 is 10.6 Å². The summed E-state index contributed by atoms with van der Waals surface area (Å²) in [4.78, 5) is 3.97. The number of rotatable bonds is 7. The monoisotopic (exact) mass is 267 g/mol. The number of hydrogen-bond donors (Lipinski definition) is 2. The number of nitrogens with one attached hydrogen (secondary N) is 2. The molecule has 5 nitrogen and oxygen atoms in total. The number of halogens is 1. The van der Waals surface area contributed by atoms with Crippen LogP contribution in [0.1, 0.15) is 19.8 Å². The SMILES string of the molecule is CN=C(NCCCF)NC(C)CCS(C)(=O)=O. The van der Waals surface area contributed by atoms with Crippen molar-refractivity contribution in [2.75, 3.05) is 32.3 Å². The second kappa shape index (κ2) is 8.27. The topological polar surface area (TPSA) is 70.6 Å². The van der Waals surface area contributed by atoms with Gasteiger partial charge >= 0.3 is 0 Å². The van der Waals surface area contributed by atoms with Gasteiger partial charge in [0, 0.05) is 25.9 Å². The van der Waals surface area contributed by atoms with E-state index in [1.807, 2.05) is 6.92 Å². The zero-order valence-electron chi connectivity index (χ0n) is 10.7. The number of alkyl halides is 1. The van der Waals surface area contributed by atoms with E-state index < -0.39 is 9.84 Å². The number of sulfone groups is 1. The van der Waals surface area contributed by atoms with E-state index in [4.69, 9.17) is 0 Å². The molecular weight excluding hydrogens is 245 g/mol. The van der Waals surface area contributed by atoms with Crippen molar-refractivity contribution in [1.82, 2.24) is 10.6 Å². The van der Waals surface area contributed by atoms with Gasteiger partial charge in [0.15, 0.2) is 5.96 Å². The molecule has 0 heterocycles. The Morgan fingerprint density at radius 2 is 2.12 bits per heavy atom. The molecule has 0 aromatic heterocycles. The molecule has 102 valence electrons. The minimum absolute atomic E-state index is 0.00121. The first-order chi connectivity index (χ1) is 7.89. The van der Waals surface area contributed by atoms with E-state index in [1.54, 1.807) is 7.05 Å². The predicted molar refractivity (Wildman–Crippen MR) is 68.9 cm³/mol. The highest BCUT2D eigenvalue weighted by atomic mass is 32.2. The number of nitrogens with zero attached hydrogens (tertiary/aromatic N) is 1. The molecule has 0 saturated heterocycles. The number of hydrogen-bond acceptors (Lipinski definition) is 3. The molecule has 1 atom stereocenters. The summed E-state index contributed by atoms with van der Waals surface area (Å²) in [5.74, 6) is 0.710. The van der Waals surface area contributed by atoms with Crippen molar-refractivity contribution in [3.8, 4) is 0 Å². The van der Waals surface area contributed by atoms with Gasteiger partial charge in [-0.1, -0.05) is 0 Å². The molecule has 0 aliphatic heterocycles. The highest BCUT2D eigenvalue weighted by Gasteiger charge is 2.09. The van der Waals surface area contributed by atoms with Crippen molar-refractivity contribution in [1.29, 1.82) is 0 Å². The lowest BCUT2D eigenvalue weighted by atomic mass is 10.3. The summed E-state index contributed by atoms with van der Waals surface area (Å²) in [5.41, 5.74) is 0. The Kier molecular flexibility index (Phi) is 7.86. The molecule has 0 aromatic carbocycles. The Labute approximate surface area is 103 Å². The minimum atomic E-state index is -2.93. The second-order valence-electron chi connectivity index (χ2n) is 4.01. The molecule has 0 aromatic rings. The second-order valence-corrected chi connectivity index (χ2v) is 6.27. The molecule has 0 fully saturated rings. The first-order valence-corrected chi connectivity index (χ1v) is 7.66. The van der Waals surface area contributed by atoms with Crippen molar-refractivity contribution in [2.24, 2.45) is 4.99 Å². The number of guanidine groups is 1. The van der Waals surface area contributed by atoms with Gasteiger partial charge in [0.1, 0.15) is 9.84 Å². The van der Waals surface area contributed by atoms with Gasteiger partial charge < -0.3 is 10.6 Å². The Balaban J connectivity index is 3.95. The summed E-state index contributed by atoms with van der Waals surface area (Å²) in [6.45, 7) is 2.02. The summed E-state index contributed by atoms with van der Waals surface area (Å²) >= 11 is 0. The average molecular weight is 267 g/mol. The van der Waals surface area contributed by atoms with Gasteiger partial charge in [0.25, 0.3) is 0 Å². The zero-order valence-corrected chi connectivity index (χ0v) is 11.5. The summed E-state index contributed by atoms with van der Waals surface area (Å²) in [5, 5.41) is 6.00. The normalized spacial score (nSPS) is 14.5. The van der Waals surface area contributed by atoms with Crippen LogP contribution in [0, 0.1) is 0 Å². The van der Waals surface area contributed by atoms with Crippen LogP contribution in [0.25, 0.3) is 0 Å². The van der Waals surface area contributed by atoms with Gasteiger partial charge in [-0.05, 0) is 19.8 Å². The van der Waals surface area contributed by atoms with Crippen LogP contribution in [0.2, 0.25) is 0 Å². The average Bonchev–Trinajstić information content (AvgIpc) is 2.24. The fourth-order valence-electron chi connectivity index (χ4n) is 1.16. The summed E-state index contributed by atoms with van der Waals surface area (Å²) in [6.07, 6.45) is 2.16. The Bertz CT molecular complexity index is 330. The van der Waals surface area contributed by atoms with Crippen LogP contribution >= 0.6 is 0 Å². The highest BCUT2D eigenvalue weighted by molar-refractivity contribution is 7.90. The molecule has 0 saturated carbocycles. The van der Waals surface area contributed by atoms with Crippen LogP contribution in [0.4, 0.5) is 4.39 Å². The van der Waals surface area contributed by atoms with Gasteiger partial charge in [0.2, 0.25) is 0 Å². The van der Waals surface area contributed by atoms with Gasteiger partial charge in [-0.25, -0.2) is 8.42 Å². The lowest BCUT2D eigenvalue weighted by molar-refractivity contribution is 0.470. The lowest BCUT2D eigenvalue weighted by Gasteiger charge is -2.17. The van der Waals surface area contributed by atoms with Crippen LogP contribution in [0.5, 0.6) is 0 Å². The van der Waals surface area contributed by atoms with Crippen molar-refractivity contribution in [3.63, 3.8) is 0 Å². The van der Waals surface area contributed by atoms with E-state index in [-0.39, 0.29) is 18.5 Å². The summed E-state index contributed by atoms with van der Waals surface area (Å²) < 4.78 is 33.9. The third kappa shape index (κ3) is 10.0. The molecule has 2 N–H and O–H groups in total. The fourth-order valence-corrected chi connectivity index (χ4v) is 1.95. The van der Waals surface area contributed by atoms with Crippen molar-refractivity contribution in [3.05, 3.63) is 0 Å². The van der Waals surface area contributed by atoms with Gasteiger partial charge in [-0.2, -0.15) is 0 Å². The molecule has 0 radical (unpaired) electrons. The van der Waals surface area contributed by atoms with Crippen LogP contribution in [-0.2, 0) is 9.84 Å². The molecule has 0 aliphatic rings. The minimum Gasteiger partial charge on any atom is -0.356 e.